The van der Waals surface area contributed by atoms with Crippen molar-refractivity contribution in [2.75, 3.05) is 0 Å². The van der Waals surface area contributed by atoms with Crippen molar-refractivity contribution >= 4 is 31.6 Å². The van der Waals surface area contributed by atoms with Gasteiger partial charge in [-0.3, -0.25) is 4.98 Å². The molecule has 0 aliphatic carbocycles. The number of rotatable bonds is 0. The van der Waals surface area contributed by atoms with Crippen LogP contribution in [0.3, 0.4) is 0 Å². The van der Waals surface area contributed by atoms with Crippen LogP contribution in [0, 0.1) is 6.92 Å². The molecule has 0 aliphatic rings. The molecule has 0 radical (unpaired) electrons. The van der Waals surface area contributed by atoms with Crippen molar-refractivity contribution in [2.45, 2.75) is 6.92 Å². The van der Waals surface area contributed by atoms with Gasteiger partial charge in [-0.05, 0) is 25.1 Å². The molecule has 0 atom stereocenters. The summed E-state index contributed by atoms with van der Waals surface area (Å²) in [6, 6.07) is 6.15. The largest absolute Gasteiger partial charge is 0.260 e. The summed E-state index contributed by atoms with van der Waals surface area (Å²) in [6.07, 6.45) is 3.69. The highest BCUT2D eigenvalue weighted by Gasteiger charge is 2.06. The van der Waals surface area contributed by atoms with Crippen LogP contribution in [0.1, 0.15) is 5.69 Å². The molecule has 68 valence electrons. The minimum atomic E-state index is 1.09. The lowest BCUT2D eigenvalue weighted by Gasteiger charge is -1.92. The van der Waals surface area contributed by atoms with Crippen molar-refractivity contribution in [3.05, 3.63) is 36.3 Å². The first-order chi connectivity index (χ1) is 6.86. The Labute approximate surface area is 85.2 Å². The Kier molecular flexibility index (Phi) is 1.55. The number of aromatic nitrogens is 2. The molecule has 0 saturated heterocycles. The SMILES string of the molecule is Cc1nccc2c1sc1ncccc12. The molecule has 2 nitrogen and oxygen atoms in total. The van der Waals surface area contributed by atoms with Gasteiger partial charge in [0, 0.05) is 23.2 Å². The molecule has 3 heteroatoms. The molecule has 0 spiro atoms. The Bertz CT molecular complexity index is 613. The predicted octanol–water partition coefficient (Wildman–Crippen LogP) is 3.15. The molecule has 3 aromatic rings. The zero-order chi connectivity index (χ0) is 9.54. The van der Waals surface area contributed by atoms with E-state index >= 15 is 0 Å². The van der Waals surface area contributed by atoms with Crippen molar-refractivity contribution in [2.24, 2.45) is 0 Å². The van der Waals surface area contributed by atoms with Crippen molar-refractivity contribution in [1.82, 2.24) is 9.97 Å². The summed E-state index contributed by atoms with van der Waals surface area (Å²) >= 11 is 1.71. The minimum Gasteiger partial charge on any atom is -0.260 e. The van der Waals surface area contributed by atoms with Gasteiger partial charge in [0.2, 0.25) is 0 Å². The van der Waals surface area contributed by atoms with E-state index in [1.165, 1.54) is 15.5 Å². The first-order valence-electron chi connectivity index (χ1n) is 4.45. The van der Waals surface area contributed by atoms with Gasteiger partial charge in [0.15, 0.2) is 0 Å². The van der Waals surface area contributed by atoms with E-state index in [2.05, 4.69) is 22.1 Å². The number of nitrogens with zero attached hydrogens (tertiary/aromatic N) is 2. The second-order valence-electron chi connectivity index (χ2n) is 3.23. The van der Waals surface area contributed by atoms with Gasteiger partial charge < -0.3 is 0 Å². The van der Waals surface area contributed by atoms with E-state index in [0.717, 1.165) is 10.5 Å². The van der Waals surface area contributed by atoms with Crippen LogP contribution in [0.25, 0.3) is 20.3 Å². The maximum atomic E-state index is 4.35. The van der Waals surface area contributed by atoms with Gasteiger partial charge >= 0.3 is 0 Å². The molecular weight excluding hydrogens is 192 g/mol. The molecule has 0 aromatic carbocycles. The maximum absolute atomic E-state index is 4.35. The van der Waals surface area contributed by atoms with Crippen molar-refractivity contribution in [3.8, 4) is 0 Å². The van der Waals surface area contributed by atoms with Gasteiger partial charge in [0.25, 0.3) is 0 Å². The fourth-order valence-electron chi connectivity index (χ4n) is 1.67. The lowest BCUT2D eigenvalue weighted by atomic mass is 10.2. The van der Waals surface area contributed by atoms with Crippen molar-refractivity contribution in [1.29, 1.82) is 0 Å². The summed E-state index contributed by atoms with van der Waals surface area (Å²) < 4.78 is 1.25. The second-order valence-corrected chi connectivity index (χ2v) is 4.23. The predicted molar refractivity (Wildman–Crippen MR) is 59.7 cm³/mol. The first-order valence-corrected chi connectivity index (χ1v) is 5.27. The zero-order valence-corrected chi connectivity index (χ0v) is 8.51. The third-order valence-corrected chi connectivity index (χ3v) is 3.58. The molecule has 0 amide bonds. The first kappa shape index (κ1) is 7.88. The van der Waals surface area contributed by atoms with Crippen LogP contribution in [0.4, 0.5) is 0 Å². The summed E-state index contributed by atoms with van der Waals surface area (Å²) in [5.74, 6) is 0. The van der Waals surface area contributed by atoms with Crippen LogP contribution < -0.4 is 0 Å². The van der Waals surface area contributed by atoms with Gasteiger partial charge in [-0.25, -0.2) is 4.98 Å². The van der Waals surface area contributed by atoms with Crippen LogP contribution in [0.2, 0.25) is 0 Å². The van der Waals surface area contributed by atoms with Crippen LogP contribution in [0.5, 0.6) is 0 Å². The van der Waals surface area contributed by atoms with E-state index in [1.54, 1.807) is 11.3 Å². The highest BCUT2D eigenvalue weighted by molar-refractivity contribution is 7.25. The number of thiophene rings is 1. The van der Waals surface area contributed by atoms with Crippen LogP contribution in [-0.2, 0) is 0 Å². The summed E-state index contributed by atoms with van der Waals surface area (Å²) in [7, 11) is 0. The Balaban J connectivity index is 2.63. The van der Waals surface area contributed by atoms with Gasteiger partial charge in [0.1, 0.15) is 4.83 Å². The molecule has 3 rings (SSSR count). The standard InChI is InChI=1S/C11H8N2S/c1-7-10-8(4-6-12-7)9-3-2-5-13-11(9)14-10/h2-6H,1H3. The fourth-order valence-corrected chi connectivity index (χ4v) is 2.75. The normalized spacial score (nSPS) is 11.2. The van der Waals surface area contributed by atoms with E-state index in [0.29, 0.717) is 0 Å². The van der Waals surface area contributed by atoms with Crippen LogP contribution in [-0.4, -0.2) is 9.97 Å². The topological polar surface area (TPSA) is 25.8 Å². The van der Waals surface area contributed by atoms with Crippen LogP contribution >= 0.6 is 11.3 Å². The van der Waals surface area contributed by atoms with E-state index in [-0.39, 0.29) is 0 Å². The van der Waals surface area contributed by atoms with Gasteiger partial charge in [-0.2, -0.15) is 0 Å². The second kappa shape index (κ2) is 2.75. The molecule has 0 bridgehead atoms. The van der Waals surface area contributed by atoms with Gasteiger partial charge in [0.05, 0.1) is 10.4 Å². The number of hydrogen-bond acceptors (Lipinski definition) is 3. The smallest absolute Gasteiger partial charge is 0.124 e. The molecule has 3 aromatic heterocycles. The molecular formula is C11H8N2S. The monoisotopic (exact) mass is 200 g/mol. The summed E-state index contributed by atoms with van der Waals surface area (Å²) in [5.41, 5.74) is 1.09. The van der Waals surface area contributed by atoms with E-state index in [9.17, 15) is 0 Å². The molecule has 0 aliphatic heterocycles. The molecule has 0 fully saturated rings. The quantitative estimate of drug-likeness (QED) is 0.557. The number of fused-ring (bicyclic) bond motifs is 3. The highest BCUT2D eigenvalue weighted by atomic mass is 32.1. The van der Waals surface area contributed by atoms with Gasteiger partial charge in [-0.1, -0.05) is 0 Å². The highest BCUT2D eigenvalue weighted by Crippen LogP contribution is 2.32. The van der Waals surface area contributed by atoms with Crippen LogP contribution in [0.15, 0.2) is 30.6 Å². The number of pyridine rings is 2. The van der Waals surface area contributed by atoms with E-state index < -0.39 is 0 Å². The summed E-state index contributed by atoms with van der Waals surface area (Å²) in [6.45, 7) is 2.04. The minimum absolute atomic E-state index is 1.09. The molecule has 14 heavy (non-hydrogen) atoms. The number of aryl methyl sites for hydroxylation is 1. The average molecular weight is 200 g/mol. The Morgan fingerprint density at radius 1 is 1.07 bits per heavy atom. The summed E-state index contributed by atoms with van der Waals surface area (Å²) in [5, 5.41) is 2.50. The van der Waals surface area contributed by atoms with E-state index in [1.807, 2.05) is 25.4 Å². The zero-order valence-electron chi connectivity index (χ0n) is 7.69. The van der Waals surface area contributed by atoms with Crippen molar-refractivity contribution < 1.29 is 0 Å². The molecule has 0 unspecified atom stereocenters. The lowest BCUT2D eigenvalue weighted by Crippen LogP contribution is -1.77. The summed E-state index contributed by atoms with van der Waals surface area (Å²) in [4.78, 5) is 9.73. The Morgan fingerprint density at radius 2 is 2.00 bits per heavy atom. The third kappa shape index (κ3) is 0.960. The molecule has 0 saturated carbocycles. The molecule has 3 heterocycles. The maximum Gasteiger partial charge on any atom is 0.124 e. The fraction of sp³-hybridized carbons (Fsp3) is 0.0909. The lowest BCUT2D eigenvalue weighted by molar-refractivity contribution is 1.25. The van der Waals surface area contributed by atoms with E-state index in [4.69, 9.17) is 0 Å². The van der Waals surface area contributed by atoms with Gasteiger partial charge in [-0.15, -0.1) is 11.3 Å². The average Bonchev–Trinajstić information content (AvgIpc) is 2.59. The Morgan fingerprint density at radius 3 is 2.93 bits per heavy atom. The third-order valence-electron chi connectivity index (χ3n) is 2.34. The number of hydrogen-bond donors (Lipinski definition) is 0. The van der Waals surface area contributed by atoms with Crippen molar-refractivity contribution in [3.63, 3.8) is 0 Å². The molecule has 0 N–H and O–H groups in total. The Hall–Kier alpha value is -1.48.